The van der Waals surface area contributed by atoms with Crippen LogP contribution in [0.3, 0.4) is 0 Å². The summed E-state index contributed by atoms with van der Waals surface area (Å²) in [5, 5.41) is 18.2. The van der Waals surface area contributed by atoms with E-state index in [0.717, 1.165) is 6.07 Å². The van der Waals surface area contributed by atoms with Crippen LogP contribution in [0.15, 0.2) is 12.1 Å². The number of hydrogen-bond acceptors (Lipinski definition) is 4. The summed E-state index contributed by atoms with van der Waals surface area (Å²) in [7, 11) is 0. The van der Waals surface area contributed by atoms with Crippen molar-refractivity contribution in [3.8, 4) is 11.8 Å². The number of ether oxygens (including phenoxy) is 1. The van der Waals surface area contributed by atoms with Crippen molar-refractivity contribution in [2.45, 2.75) is 6.92 Å². The zero-order valence-electron chi connectivity index (χ0n) is 7.95. The third kappa shape index (κ3) is 2.39. The lowest BCUT2D eigenvalue weighted by molar-refractivity contribution is 0.0523. The van der Waals surface area contributed by atoms with Gasteiger partial charge >= 0.3 is 5.97 Å². The van der Waals surface area contributed by atoms with E-state index in [2.05, 4.69) is 0 Å². The average Bonchev–Trinajstić information content (AvgIpc) is 2.21. The molecule has 0 fully saturated rings. The Morgan fingerprint density at radius 1 is 1.67 bits per heavy atom. The number of carbonyl (C=O) groups excluding carboxylic acids is 1. The number of phenols is 1. The van der Waals surface area contributed by atoms with E-state index in [1.807, 2.05) is 0 Å². The monoisotopic (exact) mass is 225 g/mol. The lowest BCUT2D eigenvalue weighted by Gasteiger charge is -2.05. The second-order valence-corrected chi connectivity index (χ2v) is 3.09. The molecule has 15 heavy (non-hydrogen) atoms. The van der Waals surface area contributed by atoms with Crippen molar-refractivity contribution in [2.75, 3.05) is 6.61 Å². The molecule has 0 amide bonds. The Labute approximate surface area is 91.7 Å². The van der Waals surface area contributed by atoms with Crippen molar-refractivity contribution in [3.05, 3.63) is 28.3 Å². The molecule has 0 heterocycles. The molecular weight excluding hydrogens is 218 g/mol. The molecule has 5 heteroatoms. The molecule has 4 nitrogen and oxygen atoms in total. The average molecular weight is 226 g/mol. The largest absolute Gasteiger partial charge is 0.507 e. The van der Waals surface area contributed by atoms with Crippen LogP contribution >= 0.6 is 11.6 Å². The fraction of sp³-hybridized carbons (Fsp3) is 0.200. The molecule has 1 rings (SSSR count). The topological polar surface area (TPSA) is 70.3 Å². The van der Waals surface area contributed by atoms with E-state index in [1.54, 1.807) is 13.0 Å². The van der Waals surface area contributed by atoms with E-state index < -0.39 is 5.97 Å². The molecule has 0 bridgehead atoms. The SMILES string of the molecule is CCOC(=O)c1cc(Cl)c(C#N)cc1O. The Morgan fingerprint density at radius 2 is 2.33 bits per heavy atom. The summed E-state index contributed by atoms with van der Waals surface area (Å²) in [6, 6.07) is 4.14. The fourth-order valence-corrected chi connectivity index (χ4v) is 1.23. The smallest absolute Gasteiger partial charge is 0.341 e. The minimum atomic E-state index is -0.665. The van der Waals surface area contributed by atoms with Crippen LogP contribution in [-0.4, -0.2) is 17.7 Å². The molecule has 0 aliphatic rings. The molecule has 1 N–H and O–H groups in total. The molecule has 0 radical (unpaired) electrons. The van der Waals surface area contributed by atoms with Gasteiger partial charge in [-0.15, -0.1) is 0 Å². The summed E-state index contributed by atoms with van der Waals surface area (Å²) in [6.07, 6.45) is 0. The first-order chi connectivity index (χ1) is 7.10. The highest BCUT2D eigenvalue weighted by Gasteiger charge is 2.15. The Morgan fingerprint density at radius 3 is 2.87 bits per heavy atom. The van der Waals surface area contributed by atoms with Gasteiger partial charge in [0.05, 0.1) is 17.2 Å². The van der Waals surface area contributed by atoms with Crippen molar-refractivity contribution in [3.63, 3.8) is 0 Å². The van der Waals surface area contributed by atoms with Gasteiger partial charge in [-0.2, -0.15) is 5.26 Å². The van der Waals surface area contributed by atoms with Gasteiger partial charge in [-0.3, -0.25) is 0 Å². The van der Waals surface area contributed by atoms with Crippen LogP contribution < -0.4 is 0 Å². The van der Waals surface area contributed by atoms with Crippen LogP contribution in [0.5, 0.6) is 5.75 Å². The first kappa shape index (κ1) is 11.3. The minimum absolute atomic E-state index is 0.0409. The number of phenolic OH excluding ortho intramolecular Hbond substituents is 1. The maximum Gasteiger partial charge on any atom is 0.341 e. The van der Waals surface area contributed by atoms with Gasteiger partial charge in [-0.1, -0.05) is 11.6 Å². The maximum atomic E-state index is 11.3. The predicted molar refractivity (Wildman–Crippen MR) is 53.8 cm³/mol. The summed E-state index contributed by atoms with van der Waals surface area (Å²) in [6.45, 7) is 1.86. The first-order valence-corrected chi connectivity index (χ1v) is 4.57. The number of aromatic hydroxyl groups is 1. The lowest BCUT2D eigenvalue weighted by Crippen LogP contribution is -2.05. The van der Waals surface area contributed by atoms with Crippen LogP contribution in [-0.2, 0) is 4.74 Å². The van der Waals surface area contributed by atoms with Gasteiger partial charge in [0.25, 0.3) is 0 Å². The van der Waals surface area contributed by atoms with Crippen molar-refractivity contribution in [1.29, 1.82) is 5.26 Å². The van der Waals surface area contributed by atoms with Gasteiger partial charge in [0.15, 0.2) is 0 Å². The Balaban J connectivity index is 3.17. The normalized spacial score (nSPS) is 9.40. The van der Waals surface area contributed by atoms with Gasteiger partial charge < -0.3 is 9.84 Å². The second kappa shape index (κ2) is 4.67. The molecule has 0 saturated heterocycles. The summed E-state index contributed by atoms with van der Waals surface area (Å²) in [5.74, 6) is -0.976. The van der Waals surface area contributed by atoms with E-state index in [9.17, 15) is 9.90 Å². The number of nitriles is 1. The van der Waals surface area contributed by atoms with Crippen LogP contribution in [0.2, 0.25) is 5.02 Å². The zero-order chi connectivity index (χ0) is 11.4. The molecule has 0 atom stereocenters. The molecule has 0 unspecified atom stereocenters. The van der Waals surface area contributed by atoms with Crippen LogP contribution in [0.4, 0.5) is 0 Å². The standard InChI is InChI=1S/C10H8ClNO3/c1-2-15-10(14)7-4-8(11)6(5-12)3-9(7)13/h3-4,13H,2H2,1H3. The highest BCUT2D eigenvalue weighted by Crippen LogP contribution is 2.26. The van der Waals surface area contributed by atoms with E-state index >= 15 is 0 Å². The Bertz CT molecular complexity index is 437. The number of halogens is 1. The molecule has 0 spiro atoms. The number of carbonyl (C=O) groups is 1. The van der Waals surface area contributed by atoms with E-state index in [0.29, 0.717) is 0 Å². The van der Waals surface area contributed by atoms with Crippen molar-refractivity contribution in [2.24, 2.45) is 0 Å². The predicted octanol–water partition coefficient (Wildman–Crippen LogP) is 2.09. The molecule has 1 aromatic carbocycles. The Hall–Kier alpha value is -1.73. The molecule has 0 saturated carbocycles. The van der Waals surface area contributed by atoms with Gasteiger partial charge in [0.1, 0.15) is 17.4 Å². The summed E-state index contributed by atoms with van der Waals surface area (Å²) in [5.41, 5.74) is 0.0723. The van der Waals surface area contributed by atoms with Gasteiger partial charge in [-0.05, 0) is 13.0 Å². The number of nitrogens with zero attached hydrogens (tertiary/aromatic N) is 1. The van der Waals surface area contributed by atoms with Crippen molar-refractivity contribution in [1.82, 2.24) is 0 Å². The zero-order valence-corrected chi connectivity index (χ0v) is 8.71. The van der Waals surface area contributed by atoms with Crippen LogP contribution in [0.25, 0.3) is 0 Å². The van der Waals surface area contributed by atoms with Gasteiger partial charge in [0, 0.05) is 6.07 Å². The quantitative estimate of drug-likeness (QED) is 0.783. The number of rotatable bonds is 2. The maximum absolute atomic E-state index is 11.3. The van der Waals surface area contributed by atoms with Gasteiger partial charge in [0.2, 0.25) is 0 Å². The molecule has 78 valence electrons. The first-order valence-electron chi connectivity index (χ1n) is 4.19. The van der Waals surface area contributed by atoms with E-state index in [-0.39, 0.29) is 28.5 Å². The van der Waals surface area contributed by atoms with Crippen LogP contribution in [0.1, 0.15) is 22.8 Å². The summed E-state index contributed by atoms with van der Waals surface area (Å²) >= 11 is 5.70. The van der Waals surface area contributed by atoms with Gasteiger partial charge in [-0.25, -0.2) is 4.79 Å². The second-order valence-electron chi connectivity index (χ2n) is 2.68. The highest BCUT2D eigenvalue weighted by atomic mass is 35.5. The molecular formula is C10H8ClNO3. The van der Waals surface area contributed by atoms with E-state index in [1.165, 1.54) is 6.07 Å². The summed E-state index contributed by atoms with van der Waals surface area (Å²) in [4.78, 5) is 11.3. The number of hydrogen-bond donors (Lipinski definition) is 1. The number of esters is 1. The molecule has 0 aromatic heterocycles. The highest BCUT2D eigenvalue weighted by molar-refractivity contribution is 6.32. The third-order valence-electron chi connectivity index (χ3n) is 1.70. The lowest BCUT2D eigenvalue weighted by atomic mass is 10.1. The number of benzene rings is 1. The molecule has 0 aliphatic heterocycles. The van der Waals surface area contributed by atoms with Crippen molar-refractivity contribution >= 4 is 17.6 Å². The minimum Gasteiger partial charge on any atom is -0.507 e. The fourth-order valence-electron chi connectivity index (χ4n) is 1.02. The third-order valence-corrected chi connectivity index (χ3v) is 2.01. The Kier molecular flexibility index (Phi) is 3.53. The van der Waals surface area contributed by atoms with Crippen LogP contribution in [0, 0.1) is 11.3 Å². The van der Waals surface area contributed by atoms with E-state index in [4.69, 9.17) is 21.6 Å². The molecule has 0 aliphatic carbocycles. The summed E-state index contributed by atoms with van der Waals surface area (Å²) < 4.78 is 4.70. The van der Waals surface area contributed by atoms with Crippen molar-refractivity contribution < 1.29 is 14.6 Å². The molecule has 1 aromatic rings.